The summed E-state index contributed by atoms with van der Waals surface area (Å²) in [6.45, 7) is 3.99. The molecule has 2 aromatic rings. The van der Waals surface area contributed by atoms with Crippen LogP contribution in [0.3, 0.4) is 0 Å². The first kappa shape index (κ1) is 13.3. The van der Waals surface area contributed by atoms with E-state index in [9.17, 15) is 4.79 Å². The summed E-state index contributed by atoms with van der Waals surface area (Å²) < 4.78 is 0. The number of H-pyrrole nitrogens is 1. The first-order valence-electron chi connectivity index (χ1n) is 6.47. The Labute approximate surface area is 112 Å². The number of carbonyl (C=O) groups is 1. The number of aryl methyl sites for hydroxylation is 1. The number of nitrogens with one attached hydrogen (secondary N) is 2. The zero-order valence-electron chi connectivity index (χ0n) is 11.2. The molecular formula is C14H18N4O. The molecule has 2 rings (SSSR count). The number of aromatic nitrogens is 3. The monoisotopic (exact) mass is 258 g/mol. The fraction of sp³-hybridized carbons (Fsp3) is 0.357. The Morgan fingerprint density at radius 1 is 1.37 bits per heavy atom. The van der Waals surface area contributed by atoms with Crippen molar-refractivity contribution >= 4 is 5.91 Å². The van der Waals surface area contributed by atoms with Crippen molar-refractivity contribution in [2.75, 3.05) is 0 Å². The number of carbonyl (C=O) groups excluding carboxylic acids is 1. The molecule has 19 heavy (non-hydrogen) atoms. The van der Waals surface area contributed by atoms with Crippen LogP contribution in [-0.4, -0.2) is 21.1 Å². The van der Waals surface area contributed by atoms with Gasteiger partial charge in [-0.15, -0.1) is 5.10 Å². The highest BCUT2D eigenvalue weighted by Crippen LogP contribution is 2.11. The van der Waals surface area contributed by atoms with E-state index in [4.69, 9.17) is 0 Å². The molecule has 0 bridgehead atoms. The molecule has 0 aliphatic heterocycles. The third kappa shape index (κ3) is 3.40. The zero-order chi connectivity index (χ0) is 13.7. The third-order valence-electron chi connectivity index (χ3n) is 2.87. The van der Waals surface area contributed by atoms with Crippen molar-refractivity contribution in [1.29, 1.82) is 0 Å². The number of aromatic amines is 1. The van der Waals surface area contributed by atoms with E-state index in [-0.39, 0.29) is 17.8 Å². The Bertz CT molecular complexity index is 535. The van der Waals surface area contributed by atoms with Gasteiger partial charge in [-0.25, -0.2) is 4.98 Å². The Morgan fingerprint density at radius 2 is 2.11 bits per heavy atom. The predicted molar refractivity (Wildman–Crippen MR) is 72.7 cm³/mol. The summed E-state index contributed by atoms with van der Waals surface area (Å²) in [6.07, 6.45) is 1.77. The van der Waals surface area contributed by atoms with E-state index in [0.29, 0.717) is 0 Å². The van der Waals surface area contributed by atoms with E-state index in [1.54, 1.807) is 0 Å². The molecule has 0 saturated carbocycles. The molecule has 0 fully saturated rings. The Morgan fingerprint density at radius 3 is 2.79 bits per heavy atom. The molecule has 1 amide bonds. The van der Waals surface area contributed by atoms with Gasteiger partial charge in [0.15, 0.2) is 0 Å². The lowest BCUT2D eigenvalue weighted by molar-refractivity contribution is 0.0929. The molecule has 0 unspecified atom stereocenters. The number of amides is 1. The van der Waals surface area contributed by atoms with E-state index in [1.165, 1.54) is 0 Å². The maximum atomic E-state index is 12.0. The molecule has 0 radical (unpaired) electrons. The number of nitrogens with zero attached hydrogens (tertiary/aromatic N) is 2. The summed E-state index contributed by atoms with van der Waals surface area (Å²) >= 11 is 0. The predicted octanol–water partition coefficient (Wildman–Crippen LogP) is 2.25. The highest BCUT2D eigenvalue weighted by atomic mass is 16.2. The normalized spacial score (nSPS) is 12.1. The number of benzene rings is 1. The number of rotatable bonds is 5. The van der Waals surface area contributed by atoms with Crippen molar-refractivity contribution in [1.82, 2.24) is 20.5 Å². The fourth-order valence-electron chi connectivity index (χ4n) is 1.83. The van der Waals surface area contributed by atoms with Crippen LogP contribution in [0.4, 0.5) is 0 Å². The molecule has 5 heteroatoms. The largest absolute Gasteiger partial charge is 0.343 e. The summed E-state index contributed by atoms with van der Waals surface area (Å²) in [5.74, 6) is 0.696. The van der Waals surface area contributed by atoms with Crippen LogP contribution in [0.1, 0.15) is 48.3 Å². The van der Waals surface area contributed by atoms with Gasteiger partial charge < -0.3 is 5.32 Å². The molecular weight excluding hydrogens is 240 g/mol. The molecule has 1 aromatic carbocycles. The maximum Gasteiger partial charge on any atom is 0.291 e. The van der Waals surface area contributed by atoms with Gasteiger partial charge in [0.2, 0.25) is 5.82 Å². The van der Waals surface area contributed by atoms with Crippen LogP contribution < -0.4 is 5.32 Å². The van der Waals surface area contributed by atoms with E-state index in [0.717, 1.165) is 24.2 Å². The molecule has 5 nitrogen and oxygen atoms in total. The van der Waals surface area contributed by atoms with Crippen LogP contribution in [0.2, 0.25) is 0 Å². The van der Waals surface area contributed by atoms with Gasteiger partial charge in [0.1, 0.15) is 5.82 Å². The summed E-state index contributed by atoms with van der Waals surface area (Å²) in [5.41, 5.74) is 1.06. The second kappa shape index (κ2) is 6.13. The van der Waals surface area contributed by atoms with Crippen molar-refractivity contribution in [3.63, 3.8) is 0 Å². The van der Waals surface area contributed by atoms with E-state index in [1.807, 2.05) is 37.3 Å². The first-order valence-corrected chi connectivity index (χ1v) is 6.47. The quantitative estimate of drug-likeness (QED) is 0.864. The average Bonchev–Trinajstić information content (AvgIpc) is 2.89. The molecule has 0 aliphatic rings. The van der Waals surface area contributed by atoms with Crippen LogP contribution >= 0.6 is 0 Å². The van der Waals surface area contributed by atoms with Crippen molar-refractivity contribution in [3.8, 4) is 0 Å². The van der Waals surface area contributed by atoms with Gasteiger partial charge in [0.25, 0.3) is 5.91 Å². The van der Waals surface area contributed by atoms with Crippen LogP contribution in [0.25, 0.3) is 0 Å². The Kier molecular flexibility index (Phi) is 4.28. The summed E-state index contributed by atoms with van der Waals surface area (Å²) in [7, 11) is 0. The SMILES string of the molecule is CCCc1nc(C(=O)N[C@H](C)c2ccccc2)n[nH]1. The van der Waals surface area contributed by atoms with Crippen LogP contribution in [0.5, 0.6) is 0 Å². The molecule has 1 atom stereocenters. The highest BCUT2D eigenvalue weighted by Gasteiger charge is 2.15. The molecule has 2 N–H and O–H groups in total. The lowest BCUT2D eigenvalue weighted by Gasteiger charge is -2.12. The summed E-state index contributed by atoms with van der Waals surface area (Å²) in [4.78, 5) is 16.2. The molecule has 100 valence electrons. The van der Waals surface area contributed by atoms with Crippen LogP contribution in [0, 0.1) is 0 Å². The van der Waals surface area contributed by atoms with Gasteiger partial charge in [-0.1, -0.05) is 37.3 Å². The van der Waals surface area contributed by atoms with E-state index >= 15 is 0 Å². The van der Waals surface area contributed by atoms with Gasteiger partial charge in [0, 0.05) is 6.42 Å². The van der Waals surface area contributed by atoms with E-state index < -0.39 is 0 Å². The second-order valence-corrected chi connectivity index (χ2v) is 4.46. The van der Waals surface area contributed by atoms with E-state index in [2.05, 4.69) is 27.4 Å². The van der Waals surface area contributed by atoms with Crippen molar-refractivity contribution in [2.45, 2.75) is 32.7 Å². The Balaban J connectivity index is 2.00. The van der Waals surface area contributed by atoms with Crippen LogP contribution in [0.15, 0.2) is 30.3 Å². The minimum atomic E-state index is -0.255. The van der Waals surface area contributed by atoms with Crippen molar-refractivity contribution in [3.05, 3.63) is 47.5 Å². The molecule has 0 saturated heterocycles. The zero-order valence-corrected chi connectivity index (χ0v) is 11.2. The standard InChI is InChI=1S/C14H18N4O/c1-3-7-12-16-13(18-17-12)14(19)15-10(2)11-8-5-4-6-9-11/h4-6,8-10H,3,7H2,1-2H3,(H,15,19)(H,16,17,18)/t10-/m1/s1. The van der Waals surface area contributed by atoms with Gasteiger partial charge in [-0.3, -0.25) is 9.89 Å². The minimum Gasteiger partial charge on any atom is -0.343 e. The molecule has 1 heterocycles. The third-order valence-corrected chi connectivity index (χ3v) is 2.87. The summed E-state index contributed by atoms with van der Waals surface area (Å²) in [5, 5.41) is 9.60. The minimum absolute atomic E-state index is 0.0678. The van der Waals surface area contributed by atoms with Gasteiger partial charge in [-0.05, 0) is 18.9 Å². The van der Waals surface area contributed by atoms with Gasteiger partial charge >= 0.3 is 0 Å². The lowest BCUT2D eigenvalue weighted by Crippen LogP contribution is -2.27. The van der Waals surface area contributed by atoms with Gasteiger partial charge in [-0.2, -0.15) is 0 Å². The maximum absolute atomic E-state index is 12.0. The second-order valence-electron chi connectivity index (χ2n) is 4.46. The molecule has 0 aliphatic carbocycles. The highest BCUT2D eigenvalue weighted by molar-refractivity contribution is 5.90. The first-order chi connectivity index (χ1) is 9.20. The molecule has 1 aromatic heterocycles. The van der Waals surface area contributed by atoms with Crippen molar-refractivity contribution in [2.24, 2.45) is 0 Å². The van der Waals surface area contributed by atoms with Crippen molar-refractivity contribution < 1.29 is 4.79 Å². The number of hydrogen-bond acceptors (Lipinski definition) is 3. The summed E-state index contributed by atoms with van der Waals surface area (Å²) in [6, 6.07) is 9.73. The Hall–Kier alpha value is -2.17. The fourth-order valence-corrected chi connectivity index (χ4v) is 1.83. The number of hydrogen-bond donors (Lipinski definition) is 2. The molecule has 0 spiro atoms. The average molecular weight is 258 g/mol. The topological polar surface area (TPSA) is 70.7 Å². The lowest BCUT2D eigenvalue weighted by atomic mass is 10.1. The van der Waals surface area contributed by atoms with Gasteiger partial charge in [0.05, 0.1) is 6.04 Å². The van der Waals surface area contributed by atoms with Crippen LogP contribution in [-0.2, 0) is 6.42 Å². The smallest absolute Gasteiger partial charge is 0.291 e.